The summed E-state index contributed by atoms with van der Waals surface area (Å²) in [5.41, 5.74) is -1.47. The fraction of sp³-hybridized carbons (Fsp3) is 0.667. The second-order valence-corrected chi connectivity index (χ2v) is 6.60. The molecule has 2 aliphatic heterocycles. The Hall–Kier alpha value is -1.04. The van der Waals surface area contributed by atoms with Gasteiger partial charge >= 0.3 is 7.12 Å². The molecule has 126 valence electrons. The zero-order valence-corrected chi connectivity index (χ0v) is 13.7. The number of nitrogens with zero attached hydrogens (tertiary/aromatic N) is 1. The summed E-state index contributed by atoms with van der Waals surface area (Å²) in [7, 11) is -0.957. The van der Waals surface area contributed by atoms with Gasteiger partial charge in [0.25, 0.3) is 0 Å². The van der Waals surface area contributed by atoms with Crippen LogP contribution in [0.5, 0.6) is 0 Å². The summed E-state index contributed by atoms with van der Waals surface area (Å²) < 4.78 is 110. The molecule has 2 heterocycles. The molecule has 3 rings (SSSR count). The molecule has 2 aliphatic rings. The third-order valence-electron chi connectivity index (χ3n) is 4.41. The third kappa shape index (κ3) is 3.15. The number of benzene rings is 1. The number of rotatable bonds is 2. The quantitative estimate of drug-likeness (QED) is 0.844. The van der Waals surface area contributed by atoms with Gasteiger partial charge in [0.2, 0.25) is 0 Å². The van der Waals surface area contributed by atoms with Crippen molar-refractivity contribution in [3.63, 3.8) is 0 Å². The highest BCUT2D eigenvalue weighted by molar-refractivity contribution is 6.62. The maximum Gasteiger partial charge on any atom is 0.494 e. The summed E-state index contributed by atoms with van der Waals surface area (Å²) in [6.45, 7) is -6.42. The first-order valence-corrected chi connectivity index (χ1v) is 7.41. The van der Waals surface area contributed by atoms with Crippen LogP contribution in [0.15, 0.2) is 24.3 Å². The summed E-state index contributed by atoms with van der Waals surface area (Å²) in [5.74, 6) is 0. The predicted octanol–water partition coefficient (Wildman–Crippen LogP) is 2.17. The molecule has 2 atom stereocenters. The first-order valence-electron chi connectivity index (χ1n) is 13.4. The molecule has 1 aromatic rings. The number of nitrogens with one attached hydrogen (secondary N) is 1. The molecule has 0 aliphatic carbocycles. The summed E-state index contributed by atoms with van der Waals surface area (Å²) >= 11 is 0. The fourth-order valence-corrected chi connectivity index (χ4v) is 2.36. The van der Waals surface area contributed by atoms with E-state index in [9.17, 15) is 0 Å². The molecule has 0 bridgehead atoms. The highest BCUT2D eigenvalue weighted by Gasteiger charge is 2.51. The molecule has 0 amide bonds. The smallest absolute Gasteiger partial charge is 0.399 e. The van der Waals surface area contributed by atoms with Crippen LogP contribution in [0.25, 0.3) is 0 Å². The minimum absolute atomic E-state index is 0.234. The average Bonchev–Trinajstić information content (AvgIpc) is 2.86. The SMILES string of the molecule is [2H]C([2H])([2H])C1([2H])NC([2H])([2H])C([2H])(C([2H])([2H])[2H])N(c2cccc(B3OC(C)(C)C(C)(C)O3)c2)C1([2H])[2H]. The van der Waals surface area contributed by atoms with E-state index in [1.165, 1.54) is 18.2 Å². The van der Waals surface area contributed by atoms with Gasteiger partial charge in [0.1, 0.15) is 0 Å². The van der Waals surface area contributed by atoms with Crippen molar-refractivity contribution in [3.05, 3.63) is 24.3 Å². The lowest BCUT2D eigenvalue weighted by atomic mass is 9.79. The normalized spacial score (nSPS) is 49.4. The highest BCUT2D eigenvalue weighted by Crippen LogP contribution is 2.36. The molecule has 0 aromatic heterocycles. The molecule has 23 heavy (non-hydrogen) atoms. The monoisotopic (exact) mass is 328 g/mol. The van der Waals surface area contributed by atoms with Gasteiger partial charge in [-0.1, -0.05) is 12.1 Å². The first kappa shape index (κ1) is 7.46. The molecule has 1 aromatic carbocycles. The summed E-state index contributed by atoms with van der Waals surface area (Å²) in [5, 5.41) is 1.71. The maximum absolute atomic E-state index is 8.77. The Morgan fingerprint density at radius 2 is 2.04 bits per heavy atom. The van der Waals surface area contributed by atoms with Crippen molar-refractivity contribution in [1.82, 2.24) is 5.32 Å². The predicted molar refractivity (Wildman–Crippen MR) is 96.4 cm³/mol. The van der Waals surface area contributed by atoms with E-state index in [0.717, 1.165) is 0 Å². The number of hydrogen-bond donors (Lipinski definition) is 1. The Bertz CT molecular complexity index is 982. The molecule has 0 spiro atoms. The Morgan fingerprint density at radius 3 is 2.70 bits per heavy atom. The van der Waals surface area contributed by atoms with Gasteiger partial charge in [-0.15, -0.1) is 0 Å². The van der Waals surface area contributed by atoms with Gasteiger partial charge in [0.15, 0.2) is 0 Å². The largest absolute Gasteiger partial charge is 0.494 e. The molecule has 4 nitrogen and oxygen atoms in total. The van der Waals surface area contributed by atoms with Gasteiger partial charge in [0.05, 0.1) is 15.3 Å². The Kier molecular flexibility index (Phi) is 1.88. The maximum atomic E-state index is 8.77. The molecule has 0 radical (unpaired) electrons. The van der Waals surface area contributed by atoms with Crippen LogP contribution in [0.4, 0.5) is 5.69 Å². The summed E-state index contributed by atoms with van der Waals surface area (Å²) in [6.07, 6.45) is 0. The molecule has 5 heteroatoms. The molecule has 0 saturated carbocycles. The van der Waals surface area contributed by atoms with Crippen LogP contribution in [-0.2, 0) is 9.31 Å². The summed E-state index contributed by atoms with van der Waals surface area (Å²) in [6, 6.07) is -1.24. The molecule has 1 N–H and O–H groups in total. The van der Waals surface area contributed by atoms with Crippen LogP contribution < -0.4 is 15.7 Å². The molecular formula is C18H29BN2O2. The molecule has 2 saturated heterocycles. The first-order chi connectivity index (χ1) is 15.4. The fourth-order valence-electron chi connectivity index (χ4n) is 2.36. The minimum Gasteiger partial charge on any atom is -0.399 e. The van der Waals surface area contributed by atoms with Crippen LogP contribution in [0.3, 0.4) is 0 Å². The zero-order valence-electron chi connectivity index (χ0n) is 25.7. The Morgan fingerprint density at radius 1 is 1.30 bits per heavy atom. The Labute approximate surface area is 157 Å². The van der Waals surface area contributed by atoms with Crippen molar-refractivity contribution in [3.8, 4) is 0 Å². The van der Waals surface area contributed by atoms with E-state index in [1.807, 2.05) is 27.7 Å². The lowest BCUT2D eigenvalue weighted by Gasteiger charge is -2.39. The van der Waals surface area contributed by atoms with Crippen LogP contribution in [0.1, 0.15) is 57.8 Å². The van der Waals surface area contributed by atoms with Gasteiger partial charge in [-0.05, 0) is 59.0 Å². The van der Waals surface area contributed by atoms with E-state index in [1.54, 1.807) is 11.4 Å². The van der Waals surface area contributed by atoms with Crippen molar-refractivity contribution < 1.29 is 25.8 Å². The number of anilines is 1. The molecular weight excluding hydrogens is 287 g/mol. The highest BCUT2D eigenvalue weighted by atomic mass is 16.7. The second-order valence-electron chi connectivity index (χ2n) is 6.60. The van der Waals surface area contributed by atoms with Crippen molar-refractivity contribution in [1.29, 1.82) is 0 Å². The van der Waals surface area contributed by atoms with Gasteiger partial charge < -0.3 is 19.5 Å². The van der Waals surface area contributed by atoms with Crippen LogP contribution in [0, 0.1) is 0 Å². The molecule has 2 unspecified atom stereocenters. The van der Waals surface area contributed by atoms with Crippen molar-refractivity contribution in [2.45, 2.75) is 64.6 Å². The van der Waals surface area contributed by atoms with Gasteiger partial charge in [-0.2, -0.15) is 0 Å². The standard InChI is InChI=1S/C18H29BN2O2/c1-13-12-21(14(2)11-20-13)16-9-7-8-15(10-16)19-22-17(3,4)18(5,6)23-19/h7-10,13-14,20H,11-12H2,1-6H3/i1D3,2D3,11D2,12D2,13D,14D. The third-order valence-corrected chi connectivity index (χ3v) is 4.41. The van der Waals surface area contributed by atoms with E-state index in [4.69, 9.17) is 25.8 Å². The lowest BCUT2D eigenvalue weighted by molar-refractivity contribution is 0.00578. The Balaban J connectivity index is 2.26. The van der Waals surface area contributed by atoms with Crippen LogP contribution in [0.2, 0.25) is 0 Å². The van der Waals surface area contributed by atoms with E-state index in [2.05, 4.69) is 0 Å². The second kappa shape index (κ2) is 5.80. The van der Waals surface area contributed by atoms with Crippen molar-refractivity contribution in [2.24, 2.45) is 0 Å². The van der Waals surface area contributed by atoms with Crippen LogP contribution >= 0.6 is 0 Å². The van der Waals surface area contributed by atoms with E-state index in [-0.39, 0.29) is 10.6 Å². The lowest BCUT2D eigenvalue weighted by Crippen LogP contribution is -2.54. The van der Waals surface area contributed by atoms with Crippen molar-refractivity contribution >= 4 is 18.3 Å². The van der Waals surface area contributed by atoms with Gasteiger partial charge in [-0.25, -0.2) is 0 Å². The minimum atomic E-state index is -3.48. The molecule has 2 fully saturated rings. The number of hydrogen-bond acceptors (Lipinski definition) is 4. The van der Waals surface area contributed by atoms with Gasteiger partial charge in [0, 0.05) is 43.1 Å². The number of piperazine rings is 1. The van der Waals surface area contributed by atoms with Crippen molar-refractivity contribution in [2.75, 3.05) is 17.9 Å². The average molecular weight is 328 g/mol. The summed E-state index contributed by atoms with van der Waals surface area (Å²) in [4.78, 5) is 0.234. The van der Waals surface area contributed by atoms with E-state index < -0.39 is 57.1 Å². The van der Waals surface area contributed by atoms with Crippen LogP contribution in [-0.4, -0.2) is 43.3 Å². The zero-order chi connectivity index (χ0) is 27.3. The van der Waals surface area contributed by atoms with E-state index in [0.29, 0.717) is 5.46 Å². The van der Waals surface area contributed by atoms with Gasteiger partial charge in [-0.3, -0.25) is 0 Å². The van der Waals surface area contributed by atoms with E-state index >= 15 is 0 Å². The topological polar surface area (TPSA) is 33.7 Å².